The molecule has 3 rings (SSSR count). The van der Waals surface area contributed by atoms with E-state index in [4.69, 9.17) is 14.1 Å². The molecule has 0 unspecified atom stereocenters. The number of furan rings is 1. The van der Waals surface area contributed by atoms with Gasteiger partial charge in [0.15, 0.2) is 5.76 Å². The molecule has 0 atom stereocenters. The summed E-state index contributed by atoms with van der Waals surface area (Å²) in [4.78, 5) is 26.3. The van der Waals surface area contributed by atoms with E-state index in [9.17, 15) is 9.59 Å². The average Bonchev–Trinajstić information content (AvgIpc) is 3.29. The monoisotopic (exact) mass is 366 g/mol. The summed E-state index contributed by atoms with van der Waals surface area (Å²) in [6, 6.07) is 10.9. The molecule has 0 fully saturated rings. The first-order chi connectivity index (χ1) is 13.0. The lowest BCUT2D eigenvalue weighted by Gasteiger charge is -2.22. The van der Waals surface area contributed by atoms with Crippen molar-refractivity contribution in [1.29, 1.82) is 5.26 Å². The fraction of sp³-hybridized carbons (Fsp3) is 0.263. The van der Waals surface area contributed by atoms with Crippen molar-refractivity contribution in [1.82, 2.24) is 9.78 Å². The smallest absolute Gasteiger partial charge is 0.437 e. The van der Waals surface area contributed by atoms with Crippen LogP contribution in [0.25, 0.3) is 11.7 Å². The first-order valence-electron chi connectivity index (χ1n) is 8.36. The number of hydrogen-bond acceptors (Lipinski definition) is 6. The molecule has 0 aliphatic heterocycles. The highest BCUT2D eigenvalue weighted by atomic mass is 16.4. The third kappa shape index (κ3) is 3.98. The molecular weight excluding hydrogens is 348 g/mol. The van der Waals surface area contributed by atoms with Gasteiger partial charge < -0.3 is 13.7 Å². The lowest BCUT2D eigenvalue weighted by atomic mass is 10.1. The Hall–Kier alpha value is -3.60. The van der Waals surface area contributed by atoms with Crippen molar-refractivity contribution in [3.63, 3.8) is 0 Å². The van der Waals surface area contributed by atoms with Crippen molar-refractivity contribution in [3.8, 4) is 17.7 Å². The highest BCUT2D eigenvalue weighted by Crippen LogP contribution is 2.20. The molecule has 27 heavy (non-hydrogen) atoms. The Bertz CT molecular complexity index is 1040. The molecule has 0 saturated heterocycles. The fourth-order valence-corrected chi connectivity index (χ4v) is 2.57. The van der Waals surface area contributed by atoms with Crippen molar-refractivity contribution in [2.75, 3.05) is 11.4 Å². The first kappa shape index (κ1) is 18.2. The number of nitrogens with zero attached hydrogens (tertiary/aromatic N) is 4. The maximum atomic E-state index is 12.8. The SMILES string of the molecule is Cc1ccc(N(CCC#N)C(=O)Cn2nc(-c3ccco3)oc2=O)cc1C. The van der Waals surface area contributed by atoms with Crippen LogP contribution in [0.15, 0.2) is 50.2 Å². The van der Waals surface area contributed by atoms with Crippen LogP contribution >= 0.6 is 0 Å². The van der Waals surface area contributed by atoms with E-state index in [1.165, 1.54) is 11.2 Å². The summed E-state index contributed by atoms with van der Waals surface area (Å²) >= 11 is 0. The second-order valence-corrected chi connectivity index (χ2v) is 6.03. The Labute approximate surface area is 155 Å². The number of rotatable bonds is 6. The third-order valence-electron chi connectivity index (χ3n) is 4.17. The first-order valence-corrected chi connectivity index (χ1v) is 8.36. The second kappa shape index (κ2) is 7.74. The molecule has 138 valence electrons. The molecule has 8 nitrogen and oxygen atoms in total. The number of nitriles is 1. The Kier molecular flexibility index (Phi) is 5.22. The van der Waals surface area contributed by atoms with Gasteiger partial charge in [-0.15, -0.1) is 5.10 Å². The second-order valence-electron chi connectivity index (χ2n) is 6.03. The maximum absolute atomic E-state index is 12.8. The van der Waals surface area contributed by atoms with Crippen molar-refractivity contribution >= 4 is 11.6 Å². The molecule has 2 aromatic heterocycles. The minimum atomic E-state index is -0.755. The van der Waals surface area contributed by atoms with Gasteiger partial charge in [-0.25, -0.2) is 4.79 Å². The molecule has 2 heterocycles. The standard InChI is InChI=1S/C19H18N4O4/c1-13-6-7-15(11-14(13)2)22(9-4-8-20)17(24)12-23-19(25)27-18(21-23)16-5-3-10-26-16/h3,5-7,10-11H,4,9,12H2,1-2H3. The number of anilines is 1. The van der Waals surface area contributed by atoms with Crippen LogP contribution in [0.3, 0.4) is 0 Å². The zero-order valence-electron chi connectivity index (χ0n) is 15.0. The van der Waals surface area contributed by atoms with E-state index in [1.807, 2.05) is 38.1 Å². The van der Waals surface area contributed by atoms with Crippen LogP contribution < -0.4 is 10.7 Å². The Morgan fingerprint density at radius 3 is 2.78 bits per heavy atom. The lowest BCUT2D eigenvalue weighted by molar-refractivity contribution is -0.119. The summed E-state index contributed by atoms with van der Waals surface area (Å²) in [6.45, 7) is 3.84. The molecule has 0 aliphatic carbocycles. The minimum Gasteiger partial charge on any atom is -0.459 e. The topological polar surface area (TPSA) is 105 Å². The number of aryl methyl sites for hydroxylation is 2. The van der Waals surface area contributed by atoms with Crippen molar-refractivity contribution in [2.24, 2.45) is 0 Å². The Morgan fingerprint density at radius 2 is 2.11 bits per heavy atom. The third-order valence-corrected chi connectivity index (χ3v) is 4.17. The van der Waals surface area contributed by atoms with Crippen molar-refractivity contribution in [3.05, 3.63) is 58.3 Å². The van der Waals surface area contributed by atoms with E-state index in [-0.39, 0.29) is 31.3 Å². The van der Waals surface area contributed by atoms with Gasteiger partial charge >= 0.3 is 5.76 Å². The molecule has 1 aromatic carbocycles. The van der Waals surface area contributed by atoms with E-state index in [2.05, 4.69) is 5.10 Å². The summed E-state index contributed by atoms with van der Waals surface area (Å²) in [7, 11) is 0. The van der Waals surface area contributed by atoms with Gasteiger partial charge in [0, 0.05) is 12.2 Å². The minimum absolute atomic E-state index is 0.00700. The molecule has 0 N–H and O–H groups in total. The van der Waals surface area contributed by atoms with E-state index in [0.29, 0.717) is 11.4 Å². The zero-order chi connectivity index (χ0) is 19.4. The maximum Gasteiger partial charge on any atom is 0.437 e. The van der Waals surface area contributed by atoms with Gasteiger partial charge in [0.2, 0.25) is 5.91 Å². The normalized spacial score (nSPS) is 10.6. The van der Waals surface area contributed by atoms with Crippen molar-refractivity contribution < 1.29 is 13.6 Å². The quantitative estimate of drug-likeness (QED) is 0.664. The number of carbonyl (C=O) groups excluding carboxylic acids is 1. The number of hydrogen-bond donors (Lipinski definition) is 0. The molecule has 8 heteroatoms. The van der Waals surface area contributed by atoms with Crippen LogP contribution in [-0.4, -0.2) is 22.2 Å². The summed E-state index contributed by atoms with van der Waals surface area (Å²) in [6.07, 6.45) is 1.60. The van der Waals surface area contributed by atoms with Gasteiger partial charge in [-0.2, -0.15) is 9.94 Å². The molecule has 0 spiro atoms. The predicted octanol–water partition coefficient (Wildman–Crippen LogP) is 2.66. The summed E-state index contributed by atoms with van der Waals surface area (Å²) in [5.74, 6) is -0.814. The van der Waals surface area contributed by atoms with Crippen LogP contribution in [0.1, 0.15) is 17.5 Å². The number of benzene rings is 1. The van der Waals surface area contributed by atoms with E-state index in [0.717, 1.165) is 15.8 Å². The zero-order valence-corrected chi connectivity index (χ0v) is 15.0. The van der Waals surface area contributed by atoms with E-state index in [1.54, 1.807) is 12.1 Å². The largest absolute Gasteiger partial charge is 0.459 e. The summed E-state index contributed by atoms with van der Waals surface area (Å²) < 4.78 is 11.1. The predicted molar refractivity (Wildman–Crippen MR) is 97.0 cm³/mol. The highest BCUT2D eigenvalue weighted by molar-refractivity contribution is 5.93. The Balaban J connectivity index is 1.85. The molecule has 3 aromatic rings. The van der Waals surface area contributed by atoms with Crippen LogP contribution in [0.5, 0.6) is 0 Å². The summed E-state index contributed by atoms with van der Waals surface area (Å²) in [5.41, 5.74) is 2.80. The lowest BCUT2D eigenvalue weighted by Crippen LogP contribution is -2.37. The van der Waals surface area contributed by atoms with Gasteiger partial charge in [-0.1, -0.05) is 6.07 Å². The number of aromatic nitrogens is 2. The van der Waals surface area contributed by atoms with Gasteiger partial charge in [0.25, 0.3) is 5.89 Å². The van der Waals surface area contributed by atoms with Crippen LogP contribution in [0.4, 0.5) is 5.69 Å². The average molecular weight is 366 g/mol. The van der Waals surface area contributed by atoms with Gasteiger partial charge in [-0.05, 0) is 49.2 Å². The molecular formula is C19H18N4O4. The highest BCUT2D eigenvalue weighted by Gasteiger charge is 2.20. The van der Waals surface area contributed by atoms with Gasteiger partial charge in [0.05, 0.1) is 18.8 Å². The summed E-state index contributed by atoms with van der Waals surface area (Å²) in [5, 5.41) is 12.9. The Morgan fingerprint density at radius 1 is 1.30 bits per heavy atom. The fourth-order valence-electron chi connectivity index (χ4n) is 2.57. The molecule has 1 amide bonds. The van der Waals surface area contributed by atoms with Gasteiger partial charge in [-0.3, -0.25) is 4.79 Å². The van der Waals surface area contributed by atoms with E-state index < -0.39 is 5.76 Å². The van der Waals surface area contributed by atoms with Crippen LogP contribution in [-0.2, 0) is 11.3 Å². The van der Waals surface area contributed by atoms with Crippen LogP contribution in [0, 0.1) is 25.2 Å². The number of carbonyl (C=O) groups is 1. The molecule has 0 radical (unpaired) electrons. The van der Waals surface area contributed by atoms with Crippen molar-refractivity contribution in [2.45, 2.75) is 26.8 Å². The molecule has 0 saturated carbocycles. The number of amides is 1. The molecule has 0 bridgehead atoms. The van der Waals surface area contributed by atoms with Crippen LogP contribution in [0.2, 0.25) is 0 Å². The van der Waals surface area contributed by atoms with E-state index >= 15 is 0 Å². The van der Waals surface area contributed by atoms with Gasteiger partial charge in [0.1, 0.15) is 6.54 Å². The molecule has 0 aliphatic rings.